The molecule has 1 aromatic carbocycles. The average Bonchev–Trinajstić information content (AvgIpc) is 2.73. The van der Waals surface area contributed by atoms with Crippen molar-refractivity contribution in [3.8, 4) is 0 Å². The highest BCUT2D eigenvalue weighted by Crippen LogP contribution is 2.38. The molecule has 0 saturated heterocycles. The van der Waals surface area contributed by atoms with E-state index in [0.29, 0.717) is 18.1 Å². The first-order chi connectivity index (χ1) is 11.3. The molecule has 0 radical (unpaired) electrons. The molecule has 2 rings (SSSR count). The highest BCUT2D eigenvalue weighted by Gasteiger charge is 2.38. The highest BCUT2D eigenvalue weighted by molar-refractivity contribution is 7.84. The molecule has 0 aromatic heterocycles. The van der Waals surface area contributed by atoms with E-state index in [9.17, 15) is 9.00 Å². The second-order valence-electron chi connectivity index (χ2n) is 7.79. The van der Waals surface area contributed by atoms with E-state index in [0.717, 1.165) is 31.2 Å². The maximum absolute atomic E-state index is 12.9. The second kappa shape index (κ2) is 8.39. The van der Waals surface area contributed by atoms with Crippen molar-refractivity contribution in [3.63, 3.8) is 0 Å². The Morgan fingerprint density at radius 3 is 2.46 bits per heavy atom. The molecule has 3 nitrogen and oxygen atoms in total. The molecule has 0 heterocycles. The van der Waals surface area contributed by atoms with E-state index >= 15 is 0 Å². The predicted molar refractivity (Wildman–Crippen MR) is 101 cm³/mol. The zero-order valence-electron chi connectivity index (χ0n) is 15.4. The average molecular weight is 350 g/mol. The van der Waals surface area contributed by atoms with E-state index in [4.69, 9.17) is 0 Å². The third-order valence-corrected chi connectivity index (χ3v) is 6.54. The van der Waals surface area contributed by atoms with Gasteiger partial charge < -0.3 is 0 Å². The Morgan fingerprint density at radius 1 is 1.21 bits per heavy atom. The van der Waals surface area contributed by atoms with Crippen molar-refractivity contribution in [3.05, 3.63) is 35.9 Å². The Balaban J connectivity index is 2.39. The van der Waals surface area contributed by atoms with Crippen LogP contribution in [0.2, 0.25) is 0 Å². The van der Waals surface area contributed by atoms with Gasteiger partial charge in [-0.2, -0.15) is 0 Å². The molecule has 1 saturated carbocycles. The van der Waals surface area contributed by atoms with Crippen LogP contribution in [0.5, 0.6) is 0 Å². The van der Waals surface area contributed by atoms with Crippen LogP contribution < -0.4 is 4.72 Å². The van der Waals surface area contributed by atoms with E-state index in [1.54, 1.807) is 0 Å². The number of carbonyl (C=O) groups excluding carboxylic acids is 1. The van der Waals surface area contributed by atoms with Gasteiger partial charge in [0.25, 0.3) is 0 Å². The predicted octanol–water partition coefficient (Wildman–Crippen LogP) is 4.57. The van der Waals surface area contributed by atoms with Crippen molar-refractivity contribution in [1.82, 2.24) is 4.72 Å². The lowest BCUT2D eigenvalue weighted by Crippen LogP contribution is -2.42. The van der Waals surface area contributed by atoms with Crippen molar-refractivity contribution in [2.24, 2.45) is 11.8 Å². The quantitative estimate of drug-likeness (QED) is 0.792. The minimum atomic E-state index is -1.21. The molecular formula is C20H31NO2S. The number of ketones is 1. The summed E-state index contributed by atoms with van der Waals surface area (Å²) in [5, 5.41) is 0. The Hall–Kier alpha value is -1.00. The lowest BCUT2D eigenvalue weighted by molar-refractivity contribution is -0.125. The second-order valence-corrected chi connectivity index (χ2v) is 9.79. The van der Waals surface area contributed by atoms with Gasteiger partial charge in [0.1, 0.15) is 5.78 Å². The van der Waals surface area contributed by atoms with Gasteiger partial charge in [0.05, 0.1) is 21.8 Å². The number of rotatable bonds is 5. The molecule has 0 bridgehead atoms. The fourth-order valence-electron chi connectivity index (χ4n) is 3.53. The van der Waals surface area contributed by atoms with Crippen LogP contribution in [-0.4, -0.2) is 14.7 Å². The third-order valence-electron chi connectivity index (χ3n) is 4.96. The van der Waals surface area contributed by atoms with E-state index in [1.165, 1.54) is 0 Å². The van der Waals surface area contributed by atoms with E-state index in [2.05, 4.69) is 11.6 Å². The minimum absolute atomic E-state index is 0.0915. The molecule has 1 aliphatic rings. The molecule has 134 valence electrons. The summed E-state index contributed by atoms with van der Waals surface area (Å²) in [6, 6.07) is 9.87. The summed E-state index contributed by atoms with van der Waals surface area (Å²) < 4.78 is 15.7. The lowest BCUT2D eigenvalue weighted by atomic mass is 9.78. The van der Waals surface area contributed by atoms with Gasteiger partial charge in [-0.15, -0.1) is 0 Å². The molecule has 24 heavy (non-hydrogen) atoms. The minimum Gasteiger partial charge on any atom is -0.299 e. The van der Waals surface area contributed by atoms with Crippen molar-refractivity contribution in [1.29, 1.82) is 0 Å². The van der Waals surface area contributed by atoms with Gasteiger partial charge in [-0.05, 0) is 45.1 Å². The summed E-state index contributed by atoms with van der Waals surface area (Å²) in [5.74, 6) is 0.590. The van der Waals surface area contributed by atoms with Gasteiger partial charge in [0, 0.05) is 12.3 Å². The molecule has 1 fully saturated rings. The maximum atomic E-state index is 12.9. The third kappa shape index (κ3) is 4.76. The number of hydrogen-bond donors (Lipinski definition) is 1. The van der Waals surface area contributed by atoms with Crippen molar-refractivity contribution in [2.75, 3.05) is 0 Å². The molecule has 1 N–H and O–H groups in total. The Bertz CT molecular complexity index is 565. The first kappa shape index (κ1) is 19.3. The number of benzene rings is 1. The van der Waals surface area contributed by atoms with Crippen LogP contribution in [0.3, 0.4) is 0 Å². The van der Waals surface area contributed by atoms with E-state index in [-0.39, 0.29) is 16.7 Å². The molecule has 0 spiro atoms. The van der Waals surface area contributed by atoms with Crippen molar-refractivity contribution < 1.29 is 9.00 Å². The van der Waals surface area contributed by atoms with Crippen LogP contribution in [0.15, 0.2) is 30.3 Å². The van der Waals surface area contributed by atoms with Crippen molar-refractivity contribution >= 4 is 16.8 Å². The van der Waals surface area contributed by atoms with Gasteiger partial charge >= 0.3 is 0 Å². The van der Waals surface area contributed by atoms with Gasteiger partial charge in [0.2, 0.25) is 0 Å². The van der Waals surface area contributed by atoms with Crippen LogP contribution in [0.1, 0.15) is 71.4 Å². The van der Waals surface area contributed by atoms with E-state index < -0.39 is 11.0 Å². The summed E-state index contributed by atoms with van der Waals surface area (Å²) in [6.07, 6.45) is 4.82. The van der Waals surface area contributed by atoms with Gasteiger partial charge in [-0.1, -0.05) is 50.1 Å². The fraction of sp³-hybridized carbons (Fsp3) is 0.650. The van der Waals surface area contributed by atoms with E-state index in [1.807, 2.05) is 51.1 Å². The normalized spacial score (nSPS) is 25.1. The Morgan fingerprint density at radius 2 is 1.88 bits per heavy atom. The highest BCUT2D eigenvalue weighted by atomic mass is 32.2. The molecule has 0 amide bonds. The van der Waals surface area contributed by atoms with Crippen LogP contribution in [0.4, 0.5) is 0 Å². The molecule has 4 atom stereocenters. The monoisotopic (exact) mass is 349 g/mol. The summed E-state index contributed by atoms with van der Waals surface area (Å²) in [5.41, 5.74) is 1.06. The number of nitrogens with one attached hydrogen (secondary N) is 1. The summed E-state index contributed by atoms with van der Waals surface area (Å²) >= 11 is 0. The largest absolute Gasteiger partial charge is 0.299 e. The molecule has 0 aliphatic heterocycles. The lowest BCUT2D eigenvalue weighted by Gasteiger charge is -2.33. The van der Waals surface area contributed by atoms with Gasteiger partial charge in [-0.25, -0.2) is 8.93 Å². The summed E-state index contributed by atoms with van der Waals surface area (Å²) in [6.45, 7) is 8.05. The smallest absolute Gasteiger partial charge is 0.138 e. The zero-order valence-corrected chi connectivity index (χ0v) is 16.2. The van der Waals surface area contributed by atoms with Crippen molar-refractivity contribution in [2.45, 2.75) is 70.6 Å². The molecule has 0 unspecified atom stereocenters. The first-order valence-corrected chi connectivity index (χ1v) is 10.2. The summed E-state index contributed by atoms with van der Waals surface area (Å²) in [4.78, 5) is 12.9. The topological polar surface area (TPSA) is 46.2 Å². The Kier molecular flexibility index (Phi) is 6.76. The molecule has 1 aliphatic carbocycles. The van der Waals surface area contributed by atoms with Gasteiger partial charge in [-0.3, -0.25) is 4.79 Å². The SMILES string of the molecule is CC[C@H]1CCCCC(=O)[C@@H]1[C@H](N[S@](=O)C(C)(C)C)c1ccccc1. The van der Waals surface area contributed by atoms with Gasteiger partial charge in [0.15, 0.2) is 0 Å². The number of Topliss-reactive ketones (excluding diaryl/α,β-unsaturated/α-hetero) is 1. The molecular weight excluding hydrogens is 318 g/mol. The van der Waals surface area contributed by atoms with Crippen LogP contribution in [-0.2, 0) is 15.8 Å². The number of carbonyl (C=O) groups is 1. The van der Waals surface area contributed by atoms with Crippen LogP contribution in [0.25, 0.3) is 0 Å². The molecule has 1 aromatic rings. The number of hydrogen-bond acceptors (Lipinski definition) is 2. The Labute approximate surface area is 149 Å². The fourth-order valence-corrected chi connectivity index (χ4v) is 4.40. The molecule has 4 heteroatoms. The van der Waals surface area contributed by atoms with Crippen LogP contribution in [0, 0.1) is 11.8 Å². The zero-order chi connectivity index (χ0) is 17.7. The first-order valence-electron chi connectivity index (χ1n) is 9.10. The van der Waals surface area contributed by atoms with Crippen LogP contribution >= 0.6 is 0 Å². The maximum Gasteiger partial charge on any atom is 0.138 e. The standard InChI is InChI=1S/C20H31NO2S/c1-5-15-11-9-10-14-17(22)18(15)19(16-12-7-6-8-13-16)21-24(23)20(2,3)4/h6-8,12-13,15,18-19,21H,5,9-11,14H2,1-4H3/t15-,18+,19+,24+/m0/s1. The summed E-state index contributed by atoms with van der Waals surface area (Å²) in [7, 11) is -1.21.